The predicted octanol–water partition coefficient (Wildman–Crippen LogP) is 2.44. The Labute approximate surface area is 171 Å². The first kappa shape index (κ1) is 20.4. The maximum Gasteiger partial charge on any atom is 0.205 e. The molecule has 1 aliphatic heterocycles. The molecule has 1 aromatic heterocycles. The molecular weight excluding hydrogens is 372 g/mol. The van der Waals surface area contributed by atoms with Crippen molar-refractivity contribution in [2.45, 2.75) is 26.2 Å². The summed E-state index contributed by atoms with van der Waals surface area (Å²) in [5.74, 6) is 2.84. The highest BCUT2D eigenvalue weighted by Crippen LogP contribution is 2.19. The molecule has 1 aromatic carbocycles. The average Bonchev–Trinajstić information content (AvgIpc) is 3.23. The van der Waals surface area contributed by atoms with E-state index in [4.69, 9.17) is 4.74 Å². The number of aryl methyl sites for hydroxylation is 2. The van der Waals surface area contributed by atoms with Gasteiger partial charge >= 0.3 is 0 Å². The number of piperazine rings is 1. The van der Waals surface area contributed by atoms with Crippen LogP contribution in [0.25, 0.3) is 0 Å². The Morgan fingerprint density at radius 1 is 1.29 bits per heavy atom. The van der Waals surface area contributed by atoms with Gasteiger partial charge in [0.05, 0.1) is 7.11 Å². The van der Waals surface area contributed by atoms with E-state index in [0.29, 0.717) is 0 Å². The van der Waals surface area contributed by atoms with Crippen LogP contribution in [0, 0.1) is 0 Å². The van der Waals surface area contributed by atoms with Gasteiger partial charge in [0, 0.05) is 57.7 Å². The van der Waals surface area contributed by atoms with Crippen LogP contribution in [-0.2, 0) is 12.8 Å². The lowest BCUT2D eigenvalue weighted by molar-refractivity contribution is 0.372. The van der Waals surface area contributed by atoms with Crippen molar-refractivity contribution in [3.8, 4) is 5.75 Å². The van der Waals surface area contributed by atoms with Gasteiger partial charge in [0.15, 0.2) is 5.96 Å². The van der Waals surface area contributed by atoms with Crippen molar-refractivity contribution in [2.75, 3.05) is 51.8 Å². The van der Waals surface area contributed by atoms with E-state index in [1.807, 2.05) is 19.2 Å². The van der Waals surface area contributed by atoms with Crippen LogP contribution in [-0.4, -0.2) is 67.1 Å². The summed E-state index contributed by atoms with van der Waals surface area (Å²) in [6, 6.07) is 8.27. The van der Waals surface area contributed by atoms with E-state index in [2.05, 4.69) is 48.5 Å². The maximum atomic E-state index is 5.29. The number of guanidine groups is 1. The number of hydrogen-bond acceptors (Lipinski definition) is 6. The molecule has 0 aliphatic carbocycles. The second-order valence-corrected chi connectivity index (χ2v) is 7.48. The standard InChI is InChI=1S/C20H30N6OS/c1-4-18-23-20(28-24-18)26-13-11-25(12-14-26)19(21-2)22-10-6-8-16-7-5-9-17(15-16)27-3/h5,7,9,15H,4,6,8,10-14H2,1-3H3,(H,21,22). The number of anilines is 1. The molecule has 1 saturated heterocycles. The largest absolute Gasteiger partial charge is 0.497 e. The Kier molecular flexibility index (Phi) is 7.47. The van der Waals surface area contributed by atoms with Crippen LogP contribution in [0.1, 0.15) is 24.7 Å². The SMILES string of the molecule is CCc1nsc(N2CCN(C(=NC)NCCCc3cccc(OC)c3)CC2)n1. The highest BCUT2D eigenvalue weighted by atomic mass is 32.1. The fourth-order valence-electron chi connectivity index (χ4n) is 3.28. The van der Waals surface area contributed by atoms with Crippen molar-refractivity contribution in [3.05, 3.63) is 35.7 Å². The molecule has 7 nitrogen and oxygen atoms in total. The number of methoxy groups -OCH3 is 1. The Morgan fingerprint density at radius 3 is 2.79 bits per heavy atom. The quantitative estimate of drug-likeness (QED) is 0.436. The molecule has 152 valence electrons. The number of rotatable bonds is 7. The summed E-state index contributed by atoms with van der Waals surface area (Å²) in [4.78, 5) is 13.7. The Bertz CT molecular complexity index is 770. The first-order chi connectivity index (χ1) is 13.7. The zero-order valence-electron chi connectivity index (χ0n) is 17.0. The van der Waals surface area contributed by atoms with Crippen LogP contribution in [0.2, 0.25) is 0 Å². The monoisotopic (exact) mass is 402 g/mol. The van der Waals surface area contributed by atoms with Gasteiger partial charge in [0.25, 0.3) is 0 Å². The van der Waals surface area contributed by atoms with E-state index in [1.165, 1.54) is 17.1 Å². The van der Waals surface area contributed by atoms with Crippen molar-refractivity contribution >= 4 is 22.6 Å². The second-order valence-electron chi connectivity index (χ2n) is 6.75. The van der Waals surface area contributed by atoms with Gasteiger partial charge in [-0.15, -0.1) is 0 Å². The Morgan fingerprint density at radius 2 is 2.11 bits per heavy atom. The van der Waals surface area contributed by atoms with Gasteiger partial charge in [-0.3, -0.25) is 4.99 Å². The molecule has 0 atom stereocenters. The third-order valence-electron chi connectivity index (χ3n) is 4.89. The highest BCUT2D eigenvalue weighted by Gasteiger charge is 2.21. The minimum Gasteiger partial charge on any atom is -0.497 e. The van der Waals surface area contributed by atoms with Crippen molar-refractivity contribution in [2.24, 2.45) is 4.99 Å². The van der Waals surface area contributed by atoms with E-state index in [0.717, 1.165) is 74.7 Å². The van der Waals surface area contributed by atoms with E-state index in [9.17, 15) is 0 Å². The van der Waals surface area contributed by atoms with Gasteiger partial charge in [0.1, 0.15) is 11.6 Å². The van der Waals surface area contributed by atoms with Gasteiger partial charge in [-0.05, 0) is 30.5 Å². The van der Waals surface area contributed by atoms with Crippen LogP contribution in [0.4, 0.5) is 5.13 Å². The lowest BCUT2D eigenvalue weighted by Gasteiger charge is -2.36. The lowest BCUT2D eigenvalue weighted by atomic mass is 10.1. The molecule has 2 heterocycles. The molecule has 0 radical (unpaired) electrons. The molecule has 1 aliphatic rings. The van der Waals surface area contributed by atoms with Crippen LogP contribution in [0.15, 0.2) is 29.3 Å². The lowest BCUT2D eigenvalue weighted by Crippen LogP contribution is -2.52. The highest BCUT2D eigenvalue weighted by molar-refractivity contribution is 7.09. The molecule has 1 fully saturated rings. The van der Waals surface area contributed by atoms with Crippen LogP contribution >= 0.6 is 11.5 Å². The minimum absolute atomic E-state index is 0.892. The number of nitrogens with zero attached hydrogens (tertiary/aromatic N) is 5. The predicted molar refractivity (Wildman–Crippen MR) is 116 cm³/mol. The van der Waals surface area contributed by atoms with E-state index in [1.54, 1.807) is 7.11 Å². The molecular formula is C20H30N6OS. The summed E-state index contributed by atoms with van der Waals surface area (Å²) < 4.78 is 9.69. The zero-order valence-corrected chi connectivity index (χ0v) is 17.8. The summed E-state index contributed by atoms with van der Waals surface area (Å²) in [5.41, 5.74) is 1.30. The molecule has 0 unspecified atom stereocenters. The molecule has 0 bridgehead atoms. The first-order valence-corrected chi connectivity index (χ1v) is 10.7. The normalized spacial score (nSPS) is 15.0. The molecule has 0 spiro atoms. The van der Waals surface area contributed by atoms with Crippen LogP contribution < -0.4 is 15.0 Å². The van der Waals surface area contributed by atoms with Gasteiger partial charge in [-0.25, -0.2) is 4.98 Å². The van der Waals surface area contributed by atoms with Gasteiger partial charge in [-0.2, -0.15) is 4.37 Å². The van der Waals surface area contributed by atoms with Crippen LogP contribution in [0.3, 0.4) is 0 Å². The van der Waals surface area contributed by atoms with E-state index >= 15 is 0 Å². The summed E-state index contributed by atoms with van der Waals surface area (Å²) in [5, 5.41) is 4.55. The van der Waals surface area contributed by atoms with Gasteiger partial charge < -0.3 is 19.9 Å². The smallest absolute Gasteiger partial charge is 0.205 e. The number of ether oxygens (including phenoxy) is 1. The fraction of sp³-hybridized carbons (Fsp3) is 0.550. The third kappa shape index (κ3) is 5.34. The van der Waals surface area contributed by atoms with Crippen LogP contribution in [0.5, 0.6) is 5.75 Å². The van der Waals surface area contributed by atoms with Gasteiger partial charge in [-0.1, -0.05) is 19.1 Å². The topological polar surface area (TPSA) is 65.9 Å². The Hall–Kier alpha value is -2.35. The summed E-state index contributed by atoms with van der Waals surface area (Å²) >= 11 is 1.50. The van der Waals surface area contributed by atoms with Crippen molar-refractivity contribution in [1.82, 2.24) is 19.6 Å². The third-order valence-corrected chi connectivity index (χ3v) is 5.71. The van der Waals surface area contributed by atoms with Gasteiger partial charge in [0.2, 0.25) is 5.13 Å². The molecule has 28 heavy (non-hydrogen) atoms. The molecule has 0 saturated carbocycles. The average molecular weight is 403 g/mol. The number of aromatic nitrogens is 2. The molecule has 2 aromatic rings. The number of aliphatic imine (C=N–C) groups is 1. The second kappa shape index (κ2) is 10.3. The zero-order chi connectivity index (χ0) is 19.8. The first-order valence-electron chi connectivity index (χ1n) is 9.89. The summed E-state index contributed by atoms with van der Waals surface area (Å²) in [6.45, 7) is 6.77. The van der Waals surface area contributed by atoms with Crippen molar-refractivity contribution < 1.29 is 4.74 Å². The maximum absolute atomic E-state index is 5.29. The molecule has 8 heteroatoms. The van der Waals surface area contributed by atoms with E-state index in [-0.39, 0.29) is 0 Å². The van der Waals surface area contributed by atoms with Crippen molar-refractivity contribution in [1.29, 1.82) is 0 Å². The summed E-state index contributed by atoms with van der Waals surface area (Å²) in [7, 11) is 3.56. The molecule has 0 amide bonds. The number of benzene rings is 1. The number of nitrogens with one attached hydrogen (secondary N) is 1. The summed E-state index contributed by atoms with van der Waals surface area (Å²) in [6.07, 6.45) is 2.96. The van der Waals surface area contributed by atoms with Crippen molar-refractivity contribution in [3.63, 3.8) is 0 Å². The molecule has 3 rings (SSSR count). The number of hydrogen-bond donors (Lipinski definition) is 1. The minimum atomic E-state index is 0.892. The van der Waals surface area contributed by atoms with E-state index < -0.39 is 0 Å². The fourth-order valence-corrected chi connectivity index (χ4v) is 4.08. The molecule has 1 N–H and O–H groups in total. The Balaban J connectivity index is 1.42.